The summed E-state index contributed by atoms with van der Waals surface area (Å²) < 4.78 is 11.5. The number of carbonyl (C=O) groups is 3. The minimum atomic E-state index is -0.860. The number of benzene rings is 3. The first kappa shape index (κ1) is 34.9. The average Bonchev–Trinajstić information content (AvgIpc) is 3.06. The number of piperazine rings is 1. The van der Waals surface area contributed by atoms with E-state index >= 15 is 0 Å². The molecular weight excluding hydrogens is 606 g/mol. The number of ether oxygens (including phenoxy) is 2. The van der Waals surface area contributed by atoms with E-state index in [1.165, 1.54) is 0 Å². The summed E-state index contributed by atoms with van der Waals surface area (Å²) in [5.74, 6) is 1.87. The van der Waals surface area contributed by atoms with E-state index in [2.05, 4.69) is 10.6 Å². The summed E-state index contributed by atoms with van der Waals surface area (Å²) in [6, 6.07) is 23.0. The topological polar surface area (TPSA) is 126 Å². The van der Waals surface area contributed by atoms with Gasteiger partial charge in [-0.3, -0.25) is 14.4 Å². The molecule has 10 nitrogen and oxygen atoms in total. The fourth-order valence-corrected chi connectivity index (χ4v) is 6.31. The number of nitrogens with zero attached hydrogens (tertiary/aromatic N) is 2. The maximum atomic E-state index is 14.3. The molecule has 2 heterocycles. The molecule has 0 unspecified atom stereocenters. The van der Waals surface area contributed by atoms with Crippen molar-refractivity contribution >= 4 is 17.7 Å². The second-order valence-electron chi connectivity index (χ2n) is 13.5. The molecule has 48 heavy (non-hydrogen) atoms. The molecule has 0 aliphatic carbocycles. The normalized spacial score (nSPS) is 18.7. The smallest absolute Gasteiger partial charge is 0.246 e. The molecule has 0 aromatic heterocycles. The van der Waals surface area contributed by atoms with E-state index in [-0.39, 0.29) is 37.2 Å². The van der Waals surface area contributed by atoms with Crippen LogP contribution in [0.4, 0.5) is 0 Å². The highest BCUT2D eigenvalue weighted by Crippen LogP contribution is 2.25. The lowest BCUT2D eigenvalue weighted by molar-refractivity contribution is -0.152. The molecule has 10 heteroatoms. The Morgan fingerprint density at radius 3 is 2.17 bits per heavy atom. The van der Waals surface area contributed by atoms with Crippen molar-refractivity contribution in [2.75, 3.05) is 32.8 Å². The SMILES string of the molecule is CCOc1ccc(C[C@@H]2NC(=O)[C@H](CN(CC3CCNCC3)C(=O)CC(C)(C)N)N(Cc3ccc(Oc4ccccc4)cc3)C2=O)cc1. The van der Waals surface area contributed by atoms with Gasteiger partial charge in [-0.05, 0) is 100 Å². The summed E-state index contributed by atoms with van der Waals surface area (Å²) in [6.07, 6.45) is 2.36. The molecule has 0 radical (unpaired) electrons. The van der Waals surface area contributed by atoms with Crippen molar-refractivity contribution in [2.45, 2.75) is 70.6 Å². The molecule has 2 fully saturated rings. The van der Waals surface area contributed by atoms with Crippen molar-refractivity contribution in [1.82, 2.24) is 20.4 Å². The predicted molar refractivity (Wildman–Crippen MR) is 186 cm³/mol. The zero-order chi connectivity index (χ0) is 34.1. The van der Waals surface area contributed by atoms with E-state index in [1.807, 2.05) is 99.6 Å². The van der Waals surface area contributed by atoms with Gasteiger partial charge < -0.3 is 35.6 Å². The molecular formula is C38H49N5O5. The quantitative estimate of drug-likeness (QED) is 0.237. The van der Waals surface area contributed by atoms with Gasteiger partial charge in [-0.2, -0.15) is 0 Å². The molecule has 0 bridgehead atoms. The third-order valence-electron chi connectivity index (χ3n) is 8.80. The summed E-state index contributed by atoms with van der Waals surface area (Å²) in [6.45, 7) is 8.75. The van der Waals surface area contributed by atoms with Crippen molar-refractivity contribution in [2.24, 2.45) is 11.7 Å². The molecule has 0 saturated carbocycles. The van der Waals surface area contributed by atoms with E-state index in [9.17, 15) is 14.4 Å². The van der Waals surface area contributed by atoms with Gasteiger partial charge in [-0.25, -0.2) is 0 Å². The van der Waals surface area contributed by atoms with Gasteiger partial charge in [0, 0.05) is 31.5 Å². The molecule has 2 aliphatic rings. The Morgan fingerprint density at radius 1 is 0.896 bits per heavy atom. The van der Waals surface area contributed by atoms with Crippen molar-refractivity contribution in [3.05, 3.63) is 90.0 Å². The highest BCUT2D eigenvalue weighted by Gasteiger charge is 2.42. The molecule has 3 amide bonds. The average molecular weight is 656 g/mol. The van der Waals surface area contributed by atoms with Crippen LogP contribution in [0, 0.1) is 5.92 Å². The van der Waals surface area contributed by atoms with Crippen LogP contribution in [0.25, 0.3) is 0 Å². The summed E-state index contributed by atoms with van der Waals surface area (Å²) in [5.41, 5.74) is 7.33. The summed E-state index contributed by atoms with van der Waals surface area (Å²) in [4.78, 5) is 45.3. The first-order valence-corrected chi connectivity index (χ1v) is 17.0. The van der Waals surface area contributed by atoms with Gasteiger partial charge in [0.05, 0.1) is 13.2 Å². The van der Waals surface area contributed by atoms with Gasteiger partial charge in [0.25, 0.3) is 0 Å². The fraction of sp³-hybridized carbons (Fsp3) is 0.447. The molecule has 4 N–H and O–H groups in total. The van der Waals surface area contributed by atoms with E-state index in [0.717, 1.165) is 48.6 Å². The summed E-state index contributed by atoms with van der Waals surface area (Å²) in [5, 5.41) is 6.38. The van der Waals surface area contributed by atoms with Crippen molar-refractivity contribution in [1.29, 1.82) is 0 Å². The lowest BCUT2D eigenvalue weighted by atomic mass is 9.95. The largest absolute Gasteiger partial charge is 0.494 e. The first-order chi connectivity index (χ1) is 23.1. The highest BCUT2D eigenvalue weighted by atomic mass is 16.5. The van der Waals surface area contributed by atoms with Gasteiger partial charge in [-0.15, -0.1) is 0 Å². The van der Waals surface area contributed by atoms with Gasteiger partial charge >= 0.3 is 0 Å². The van der Waals surface area contributed by atoms with Crippen LogP contribution in [0.15, 0.2) is 78.9 Å². The second-order valence-corrected chi connectivity index (χ2v) is 13.5. The van der Waals surface area contributed by atoms with Gasteiger partial charge in [-0.1, -0.05) is 42.5 Å². The molecule has 3 aromatic rings. The number of hydrogen-bond acceptors (Lipinski definition) is 7. The molecule has 2 aliphatic heterocycles. The lowest BCUT2D eigenvalue weighted by Gasteiger charge is -2.42. The molecule has 2 saturated heterocycles. The van der Waals surface area contributed by atoms with Crippen LogP contribution in [-0.2, 0) is 27.3 Å². The van der Waals surface area contributed by atoms with Gasteiger partial charge in [0.1, 0.15) is 29.3 Å². The van der Waals surface area contributed by atoms with Crippen molar-refractivity contribution in [3.63, 3.8) is 0 Å². The number of nitrogens with two attached hydrogens (primary N) is 1. The maximum Gasteiger partial charge on any atom is 0.246 e. The minimum absolute atomic E-state index is 0.0986. The zero-order valence-corrected chi connectivity index (χ0v) is 28.3. The van der Waals surface area contributed by atoms with Crippen molar-refractivity contribution < 1.29 is 23.9 Å². The Hall–Kier alpha value is -4.41. The van der Waals surface area contributed by atoms with Crippen LogP contribution < -0.4 is 25.8 Å². The number of rotatable bonds is 14. The maximum absolute atomic E-state index is 14.3. The Bertz CT molecular complexity index is 1500. The van der Waals surface area contributed by atoms with E-state index in [4.69, 9.17) is 15.2 Å². The van der Waals surface area contributed by atoms with E-state index in [0.29, 0.717) is 31.2 Å². The van der Waals surface area contributed by atoms with Crippen LogP contribution >= 0.6 is 0 Å². The third kappa shape index (κ3) is 9.81. The highest BCUT2D eigenvalue weighted by molar-refractivity contribution is 5.97. The van der Waals surface area contributed by atoms with Gasteiger partial charge in [0.15, 0.2) is 0 Å². The number of carbonyl (C=O) groups excluding carboxylic acids is 3. The number of amides is 3. The third-order valence-corrected chi connectivity index (χ3v) is 8.80. The Balaban J connectivity index is 1.39. The Labute approximate surface area is 284 Å². The minimum Gasteiger partial charge on any atom is -0.494 e. The number of nitrogens with one attached hydrogen (secondary N) is 2. The molecule has 0 spiro atoms. The Morgan fingerprint density at radius 2 is 1.52 bits per heavy atom. The predicted octanol–water partition coefficient (Wildman–Crippen LogP) is 4.27. The molecule has 2 atom stereocenters. The lowest BCUT2D eigenvalue weighted by Crippen LogP contribution is -2.66. The number of piperidine rings is 1. The number of hydrogen-bond donors (Lipinski definition) is 3. The zero-order valence-electron chi connectivity index (χ0n) is 28.3. The number of para-hydroxylation sites is 1. The van der Waals surface area contributed by atoms with Crippen LogP contribution in [0.2, 0.25) is 0 Å². The van der Waals surface area contributed by atoms with Crippen molar-refractivity contribution in [3.8, 4) is 17.2 Å². The van der Waals surface area contributed by atoms with Gasteiger partial charge in [0.2, 0.25) is 17.7 Å². The summed E-state index contributed by atoms with van der Waals surface area (Å²) >= 11 is 0. The summed E-state index contributed by atoms with van der Waals surface area (Å²) in [7, 11) is 0. The van der Waals surface area contributed by atoms with Crippen LogP contribution in [0.1, 0.15) is 51.2 Å². The van der Waals surface area contributed by atoms with E-state index < -0.39 is 17.6 Å². The molecule has 3 aromatic carbocycles. The standard InChI is InChI=1S/C38H49N5O5/c1-4-47-30-14-10-27(11-15-30)22-33-37(46)43(25-28-12-16-32(17-13-28)48-31-8-6-5-7-9-31)34(36(45)41-33)26-42(35(44)23-38(2,3)39)24-29-18-20-40-21-19-29/h5-17,29,33-34,40H,4,18-26,39H2,1-3H3,(H,41,45)/t33-,34-/m0/s1. The fourth-order valence-electron chi connectivity index (χ4n) is 6.31. The Kier molecular flexibility index (Phi) is 11.7. The second kappa shape index (κ2) is 16.1. The van der Waals surface area contributed by atoms with Crippen LogP contribution in [-0.4, -0.2) is 77.9 Å². The monoisotopic (exact) mass is 655 g/mol. The van der Waals surface area contributed by atoms with Crippen LogP contribution in [0.3, 0.4) is 0 Å². The molecule has 256 valence electrons. The van der Waals surface area contributed by atoms with E-state index in [1.54, 1.807) is 9.80 Å². The van der Waals surface area contributed by atoms with Crippen LogP contribution in [0.5, 0.6) is 17.2 Å². The molecule has 5 rings (SSSR count). The first-order valence-electron chi connectivity index (χ1n) is 17.0.